The number of nitrogens with one attached hydrogen (secondary N) is 1. The van der Waals surface area contributed by atoms with Gasteiger partial charge in [-0.3, -0.25) is 4.40 Å². The molecule has 0 bridgehead atoms. The first-order valence-electron chi connectivity index (χ1n) is 6.22. The number of rotatable bonds is 4. The fourth-order valence-electron chi connectivity index (χ4n) is 2.25. The summed E-state index contributed by atoms with van der Waals surface area (Å²) in [6.45, 7) is 0.330. The van der Waals surface area contributed by atoms with Gasteiger partial charge >= 0.3 is 0 Å². The largest absolute Gasteiger partial charge is 0.394 e. The molecule has 9 nitrogen and oxygen atoms in total. The lowest BCUT2D eigenvalue weighted by Crippen LogP contribution is -2.47. The zero-order chi connectivity index (χ0) is 15.0. The van der Waals surface area contributed by atoms with Crippen molar-refractivity contribution < 1.29 is 18.3 Å². The van der Waals surface area contributed by atoms with Gasteiger partial charge in [0, 0.05) is 24.7 Å². The van der Waals surface area contributed by atoms with Crippen molar-refractivity contribution in [3.05, 3.63) is 11.6 Å². The van der Waals surface area contributed by atoms with E-state index in [-0.39, 0.29) is 37.1 Å². The molecule has 1 saturated heterocycles. The van der Waals surface area contributed by atoms with Gasteiger partial charge in [0.25, 0.3) is 10.0 Å². The highest BCUT2D eigenvalue weighted by molar-refractivity contribution is 7.89. The summed E-state index contributed by atoms with van der Waals surface area (Å²) in [4.78, 5) is 4.69. The molecule has 116 valence electrons. The van der Waals surface area contributed by atoms with Crippen LogP contribution in [-0.2, 0) is 14.8 Å². The van der Waals surface area contributed by atoms with Gasteiger partial charge in [-0.25, -0.2) is 14.3 Å². The van der Waals surface area contributed by atoms with Crippen molar-refractivity contribution in [1.82, 2.24) is 13.7 Å². The lowest BCUT2D eigenvalue weighted by molar-refractivity contribution is -0.0305. The molecule has 2 aromatic rings. The summed E-state index contributed by atoms with van der Waals surface area (Å²) in [5, 5.41) is 10.9. The van der Waals surface area contributed by atoms with Crippen LogP contribution in [0, 0.1) is 0 Å². The van der Waals surface area contributed by atoms with Crippen LogP contribution in [0.2, 0.25) is 0 Å². The van der Waals surface area contributed by atoms with Crippen molar-refractivity contribution in [3.63, 3.8) is 0 Å². The van der Waals surface area contributed by atoms with E-state index in [1.165, 1.54) is 20.0 Å². The molecular weight excluding hydrogens is 318 g/mol. The third kappa shape index (κ3) is 2.41. The summed E-state index contributed by atoms with van der Waals surface area (Å²) in [6.07, 6.45) is 1.11. The Labute approximate surface area is 125 Å². The average Bonchev–Trinajstić information content (AvgIpc) is 3.06. The number of hydrazine groups is 1. The average molecular weight is 333 g/mol. The van der Waals surface area contributed by atoms with Crippen molar-refractivity contribution in [2.75, 3.05) is 31.7 Å². The maximum atomic E-state index is 12.8. The Hall–Kier alpha value is -1.24. The van der Waals surface area contributed by atoms with Gasteiger partial charge in [0.15, 0.2) is 10.8 Å². The molecule has 1 aliphatic rings. The number of morpholine rings is 1. The lowest BCUT2D eigenvalue weighted by atomic mass is 10.3. The van der Waals surface area contributed by atoms with E-state index in [2.05, 4.69) is 10.4 Å². The molecule has 0 saturated carbocycles. The van der Waals surface area contributed by atoms with Gasteiger partial charge in [0.1, 0.15) is 0 Å². The van der Waals surface area contributed by atoms with Crippen molar-refractivity contribution in [2.45, 2.75) is 11.1 Å². The SMILES string of the molecule is NNc1nc2sccn2c1S(=O)(=O)N1CCOC(CO)C1. The minimum absolute atomic E-state index is 0.000148. The predicted molar refractivity (Wildman–Crippen MR) is 76.5 cm³/mol. The first-order valence-corrected chi connectivity index (χ1v) is 8.54. The van der Waals surface area contributed by atoms with Crippen LogP contribution in [0.25, 0.3) is 4.96 Å². The smallest absolute Gasteiger partial charge is 0.263 e. The van der Waals surface area contributed by atoms with Crippen LogP contribution < -0.4 is 11.3 Å². The molecule has 0 radical (unpaired) electrons. The highest BCUT2D eigenvalue weighted by Gasteiger charge is 2.35. The summed E-state index contributed by atoms with van der Waals surface area (Å²) in [6, 6.07) is 0. The Morgan fingerprint density at radius 2 is 2.43 bits per heavy atom. The van der Waals surface area contributed by atoms with Gasteiger partial charge in [0.2, 0.25) is 5.03 Å². The molecule has 1 unspecified atom stereocenters. The molecule has 0 aromatic carbocycles. The molecule has 1 atom stereocenters. The van der Waals surface area contributed by atoms with Gasteiger partial charge in [-0.15, -0.1) is 11.3 Å². The van der Waals surface area contributed by atoms with Gasteiger partial charge in [0.05, 0.1) is 19.3 Å². The third-order valence-corrected chi connectivity index (χ3v) is 5.89. The standard InChI is InChI=1S/C10H15N5O4S2/c11-13-8-9(15-2-4-20-10(15)12-8)21(17,18)14-1-3-19-7(5-14)6-16/h2,4,7,13,16H,1,3,5-6,11H2. The second-order valence-electron chi connectivity index (χ2n) is 4.50. The van der Waals surface area contributed by atoms with E-state index in [1.807, 2.05) is 0 Å². The van der Waals surface area contributed by atoms with Crippen LogP contribution in [0.5, 0.6) is 0 Å². The summed E-state index contributed by atoms with van der Waals surface area (Å²) in [7, 11) is -3.79. The highest BCUT2D eigenvalue weighted by Crippen LogP contribution is 2.28. The molecule has 3 heterocycles. The number of ether oxygens (including phenoxy) is 1. The Kier molecular flexibility index (Phi) is 3.86. The van der Waals surface area contributed by atoms with Crippen LogP contribution in [0.4, 0.5) is 5.82 Å². The Morgan fingerprint density at radius 3 is 3.14 bits per heavy atom. The number of imidazole rings is 1. The number of nitrogens with two attached hydrogens (primary N) is 1. The number of thiazole rings is 1. The molecule has 1 aliphatic heterocycles. The van der Waals surface area contributed by atoms with E-state index in [1.54, 1.807) is 11.6 Å². The van der Waals surface area contributed by atoms with Gasteiger partial charge < -0.3 is 15.3 Å². The van der Waals surface area contributed by atoms with Crippen LogP contribution in [-0.4, -0.2) is 59.6 Å². The molecule has 11 heteroatoms. The van der Waals surface area contributed by atoms with Crippen LogP contribution in [0.3, 0.4) is 0 Å². The third-order valence-electron chi connectivity index (χ3n) is 3.24. The molecule has 0 aliphatic carbocycles. The lowest BCUT2D eigenvalue weighted by Gasteiger charge is -2.31. The number of anilines is 1. The molecule has 21 heavy (non-hydrogen) atoms. The number of hydrogen-bond donors (Lipinski definition) is 3. The van der Waals surface area contributed by atoms with E-state index >= 15 is 0 Å². The maximum absolute atomic E-state index is 12.8. The van der Waals surface area contributed by atoms with Crippen molar-refractivity contribution in [2.24, 2.45) is 5.84 Å². The van der Waals surface area contributed by atoms with E-state index < -0.39 is 16.1 Å². The fourth-order valence-corrected chi connectivity index (χ4v) is 4.69. The molecule has 2 aromatic heterocycles. The number of nitrogen functional groups attached to an aromatic ring is 1. The van der Waals surface area contributed by atoms with E-state index in [4.69, 9.17) is 15.7 Å². The van der Waals surface area contributed by atoms with Crippen molar-refractivity contribution in [1.29, 1.82) is 0 Å². The minimum atomic E-state index is -3.79. The normalized spacial score (nSPS) is 21.0. The summed E-state index contributed by atoms with van der Waals surface area (Å²) in [5.74, 6) is 5.49. The monoisotopic (exact) mass is 333 g/mol. The maximum Gasteiger partial charge on any atom is 0.263 e. The highest BCUT2D eigenvalue weighted by atomic mass is 32.2. The minimum Gasteiger partial charge on any atom is -0.394 e. The molecule has 4 N–H and O–H groups in total. The number of sulfonamides is 1. The second-order valence-corrected chi connectivity index (χ2v) is 7.23. The van der Waals surface area contributed by atoms with E-state index in [9.17, 15) is 8.42 Å². The first-order chi connectivity index (χ1) is 10.1. The Morgan fingerprint density at radius 1 is 1.62 bits per heavy atom. The number of nitrogens with zero attached hydrogens (tertiary/aromatic N) is 3. The molecule has 3 rings (SSSR count). The Balaban J connectivity index is 2.05. The van der Waals surface area contributed by atoms with Crippen LogP contribution >= 0.6 is 11.3 Å². The van der Waals surface area contributed by atoms with Crippen molar-refractivity contribution in [3.8, 4) is 0 Å². The number of aliphatic hydroxyl groups excluding tert-OH is 1. The fraction of sp³-hybridized carbons (Fsp3) is 0.500. The zero-order valence-electron chi connectivity index (χ0n) is 11.0. The Bertz CT molecular complexity index is 740. The predicted octanol–water partition coefficient (Wildman–Crippen LogP) is -0.937. The second kappa shape index (κ2) is 5.51. The number of fused-ring (bicyclic) bond motifs is 1. The van der Waals surface area contributed by atoms with Gasteiger partial charge in [-0.1, -0.05) is 0 Å². The molecule has 1 fully saturated rings. The quantitative estimate of drug-likeness (QED) is 0.488. The van der Waals surface area contributed by atoms with E-state index in [0.29, 0.717) is 4.96 Å². The van der Waals surface area contributed by atoms with Crippen LogP contribution in [0.1, 0.15) is 0 Å². The first kappa shape index (κ1) is 14.7. The summed E-state index contributed by atoms with van der Waals surface area (Å²) < 4.78 is 33.7. The molecule has 0 amide bonds. The van der Waals surface area contributed by atoms with Gasteiger partial charge in [-0.05, 0) is 0 Å². The topological polar surface area (TPSA) is 122 Å². The van der Waals surface area contributed by atoms with Gasteiger partial charge in [-0.2, -0.15) is 9.29 Å². The number of aliphatic hydroxyl groups is 1. The molecule has 0 spiro atoms. The molecular formula is C10H15N5O4S2. The zero-order valence-corrected chi connectivity index (χ0v) is 12.6. The number of hydrogen-bond acceptors (Lipinski definition) is 8. The van der Waals surface area contributed by atoms with Crippen LogP contribution in [0.15, 0.2) is 16.6 Å². The van der Waals surface area contributed by atoms with Crippen molar-refractivity contribution >= 4 is 32.1 Å². The summed E-state index contributed by atoms with van der Waals surface area (Å²) in [5.41, 5.74) is 2.33. The number of aromatic nitrogens is 2. The van der Waals surface area contributed by atoms with E-state index in [0.717, 1.165) is 0 Å². The summed E-state index contributed by atoms with van der Waals surface area (Å²) >= 11 is 1.31.